The van der Waals surface area contributed by atoms with Crippen LogP contribution in [0.2, 0.25) is 0 Å². The standard InChI is InChI=1S/C21H19N5O4S/c1-12-10-18(27)24-21(22-12)26-17(11-14(25-26)16-8-5-9-31-16)23-20(28)13-6-4-7-15(29-2)19(13)30-3/h4-11H,1-3H3,(H,23,28)(H,22,24,27). The van der Waals surface area contributed by atoms with Crippen LogP contribution < -0.4 is 20.3 Å². The van der Waals surface area contributed by atoms with Crippen molar-refractivity contribution in [3.63, 3.8) is 0 Å². The number of para-hydroxylation sites is 1. The van der Waals surface area contributed by atoms with Crippen molar-refractivity contribution in [1.29, 1.82) is 0 Å². The van der Waals surface area contributed by atoms with Gasteiger partial charge >= 0.3 is 0 Å². The van der Waals surface area contributed by atoms with Gasteiger partial charge in [0.05, 0.1) is 24.7 Å². The first-order chi connectivity index (χ1) is 15.0. The highest BCUT2D eigenvalue weighted by Crippen LogP contribution is 2.32. The van der Waals surface area contributed by atoms with E-state index < -0.39 is 5.91 Å². The highest BCUT2D eigenvalue weighted by molar-refractivity contribution is 7.13. The fourth-order valence-corrected chi connectivity index (χ4v) is 3.77. The van der Waals surface area contributed by atoms with Crippen LogP contribution in [-0.4, -0.2) is 39.9 Å². The molecule has 0 fully saturated rings. The van der Waals surface area contributed by atoms with Gasteiger partial charge < -0.3 is 14.8 Å². The summed E-state index contributed by atoms with van der Waals surface area (Å²) in [6.07, 6.45) is 0. The lowest BCUT2D eigenvalue weighted by Crippen LogP contribution is -2.19. The van der Waals surface area contributed by atoms with E-state index in [1.54, 1.807) is 31.2 Å². The lowest BCUT2D eigenvalue weighted by Gasteiger charge is -2.13. The number of ether oxygens (including phenoxy) is 2. The van der Waals surface area contributed by atoms with Crippen molar-refractivity contribution < 1.29 is 14.3 Å². The third-order valence-corrected chi connectivity index (χ3v) is 5.32. The van der Waals surface area contributed by atoms with Gasteiger partial charge in [0.1, 0.15) is 11.5 Å². The van der Waals surface area contributed by atoms with Gasteiger partial charge in [0, 0.05) is 17.8 Å². The number of benzene rings is 1. The number of thiophene rings is 1. The van der Waals surface area contributed by atoms with Gasteiger partial charge in [-0.15, -0.1) is 11.3 Å². The molecule has 3 heterocycles. The number of hydrogen-bond donors (Lipinski definition) is 2. The zero-order valence-corrected chi connectivity index (χ0v) is 17.8. The molecule has 31 heavy (non-hydrogen) atoms. The summed E-state index contributed by atoms with van der Waals surface area (Å²) in [6.45, 7) is 1.71. The maximum absolute atomic E-state index is 13.1. The average Bonchev–Trinajstić information content (AvgIpc) is 3.42. The Balaban J connectivity index is 1.79. The molecule has 0 spiro atoms. The molecule has 9 nitrogen and oxygen atoms in total. The van der Waals surface area contributed by atoms with E-state index in [-0.39, 0.29) is 17.1 Å². The molecular weight excluding hydrogens is 418 g/mol. The SMILES string of the molecule is COc1cccc(C(=O)Nc2cc(-c3cccs3)nn2-c2nc(C)cc(=O)[nH]2)c1OC. The predicted octanol–water partition coefficient (Wildman–Crippen LogP) is 3.26. The Kier molecular flexibility index (Phi) is 5.54. The van der Waals surface area contributed by atoms with Crippen LogP contribution in [0.3, 0.4) is 0 Å². The Labute approximate surface area is 181 Å². The summed E-state index contributed by atoms with van der Waals surface area (Å²) in [5, 5.41) is 9.32. The number of hydrogen-bond acceptors (Lipinski definition) is 7. The highest BCUT2D eigenvalue weighted by Gasteiger charge is 2.20. The lowest BCUT2D eigenvalue weighted by molar-refractivity contribution is 0.102. The number of rotatable bonds is 6. The summed E-state index contributed by atoms with van der Waals surface area (Å²) in [5.41, 5.74) is 1.13. The monoisotopic (exact) mass is 437 g/mol. The molecule has 158 valence electrons. The van der Waals surface area contributed by atoms with Gasteiger partial charge in [-0.1, -0.05) is 12.1 Å². The number of amides is 1. The predicted molar refractivity (Wildman–Crippen MR) is 118 cm³/mol. The number of carbonyl (C=O) groups is 1. The van der Waals surface area contributed by atoms with E-state index in [1.807, 2.05) is 17.5 Å². The second-order valence-electron chi connectivity index (χ2n) is 6.51. The first-order valence-corrected chi connectivity index (χ1v) is 10.1. The van der Waals surface area contributed by atoms with Gasteiger partial charge in [-0.05, 0) is 30.5 Å². The summed E-state index contributed by atoms with van der Waals surface area (Å²) in [5.74, 6) is 0.860. The molecule has 0 unspecified atom stereocenters. The molecule has 3 aromatic heterocycles. The van der Waals surface area contributed by atoms with Crippen LogP contribution in [0.15, 0.2) is 52.6 Å². The van der Waals surface area contributed by atoms with E-state index in [0.717, 1.165) is 4.88 Å². The van der Waals surface area contributed by atoms with Crippen LogP contribution in [0.5, 0.6) is 11.5 Å². The molecule has 10 heteroatoms. The van der Waals surface area contributed by atoms with Crippen LogP contribution in [0.25, 0.3) is 16.5 Å². The van der Waals surface area contributed by atoms with E-state index in [4.69, 9.17) is 9.47 Å². The molecule has 0 atom stereocenters. The fraction of sp³-hybridized carbons (Fsp3) is 0.143. The van der Waals surface area contributed by atoms with Crippen molar-refractivity contribution in [1.82, 2.24) is 19.7 Å². The zero-order valence-electron chi connectivity index (χ0n) is 17.0. The first kappa shape index (κ1) is 20.4. The first-order valence-electron chi connectivity index (χ1n) is 9.24. The van der Waals surface area contributed by atoms with Gasteiger partial charge in [0.2, 0.25) is 5.95 Å². The minimum Gasteiger partial charge on any atom is -0.493 e. The number of aromatic amines is 1. The summed E-state index contributed by atoms with van der Waals surface area (Å²) in [6, 6.07) is 12.0. The molecule has 4 rings (SSSR count). The minimum atomic E-state index is -0.426. The number of carbonyl (C=O) groups excluding carboxylic acids is 1. The molecule has 2 N–H and O–H groups in total. The number of aromatic nitrogens is 4. The normalized spacial score (nSPS) is 10.7. The molecule has 1 aromatic carbocycles. The largest absolute Gasteiger partial charge is 0.493 e. The number of methoxy groups -OCH3 is 2. The second-order valence-corrected chi connectivity index (χ2v) is 7.46. The molecule has 0 aliphatic rings. The van der Waals surface area contributed by atoms with Crippen LogP contribution in [0, 0.1) is 6.92 Å². The quantitative estimate of drug-likeness (QED) is 0.479. The smallest absolute Gasteiger partial charge is 0.260 e. The van der Waals surface area contributed by atoms with E-state index in [1.165, 1.54) is 36.3 Å². The molecule has 1 amide bonds. The van der Waals surface area contributed by atoms with E-state index in [0.29, 0.717) is 28.7 Å². The van der Waals surface area contributed by atoms with E-state index in [2.05, 4.69) is 20.4 Å². The number of nitrogens with zero attached hydrogens (tertiary/aromatic N) is 3. The van der Waals surface area contributed by atoms with E-state index in [9.17, 15) is 9.59 Å². The van der Waals surface area contributed by atoms with Gasteiger partial charge in [-0.3, -0.25) is 14.6 Å². The Morgan fingerprint density at radius 1 is 1.16 bits per heavy atom. The molecule has 0 aliphatic heterocycles. The summed E-state index contributed by atoms with van der Waals surface area (Å²) in [4.78, 5) is 33.0. The van der Waals surface area contributed by atoms with Gasteiger partial charge in [-0.2, -0.15) is 9.78 Å². The summed E-state index contributed by atoms with van der Waals surface area (Å²) >= 11 is 1.51. The molecule has 0 bridgehead atoms. The van der Waals surface area contributed by atoms with Gasteiger partial charge in [0.15, 0.2) is 11.5 Å². The number of nitrogens with one attached hydrogen (secondary N) is 2. The number of anilines is 1. The summed E-state index contributed by atoms with van der Waals surface area (Å²) in [7, 11) is 2.97. The average molecular weight is 437 g/mol. The molecule has 0 saturated heterocycles. The molecule has 0 aliphatic carbocycles. The molecule has 4 aromatic rings. The van der Waals surface area contributed by atoms with Crippen molar-refractivity contribution in [2.75, 3.05) is 19.5 Å². The summed E-state index contributed by atoms with van der Waals surface area (Å²) < 4.78 is 12.0. The van der Waals surface area contributed by atoms with Crippen molar-refractivity contribution in [2.45, 2.75) is 6.92 Å². The minimum absolute atomic E-state index is 0.195. The number of aryl methyl sites for hydroxylation is 1. The fourth-order valence-electron chi connectivity index (χ4n) is 3.09. The van der Waals surface area contributed by atoms with Gasteiger partial charge in [-0.25, -0.2) is 4.98 Å². The van der Waals surface area contributed by atoms with Crippen LogP contribution in [0.4, 0.5) is 5.82 Å². The Bertz CT molecular complexity index is 1290. The Hall–Kier alpha value is -3.92. The zero-order chi connectivity index (χ0) is 22.0. The Morgan fingerprint density at radius 2 is 2.00 bits per heavy atom. The van der Waals surface area contributed by atoms with Crippen LogP contribution >= 0.6 is 11.3 Å². The maximum atomic E-state index is 13.1. The Morgan fingerprint density at radius 3 is 2.68 bits per heavy atom. The van der Waals surface area contributed by atoms with Crippen LogP contribution in [0.1, 0.15) is 16.1 Å². The topological polar surface area (TPSA) is 111 Å². The number of H-pyrrole nitrogens is 1. The second kappa shape index (κ2) is 8.44. The molecule has 0 radical (unpaired) electrons. The van der Waals surface area contributed by atoms with Gasteiger partial charge in [0.25, 0.3) is 11.5 Å². The molecular formula is C21H19N5O4S. The van der Waals surface area contributed by atoms with Crippen molar-refractivity contribution in [3.05, 3.63) is 69.5 Å². The molecule has 0 saturated carbocycles. The maximum Gasteiger partial charge on any atom is 0.260 e. The third kappa shape index (κ3) is 4.05. The van der Waals surface area contributed by atoms with Crippen molar-refractivity contribution in [3.8, 4) is 28.0 Å². The lowest BCUT2D eigenvalue weighted by atomic mass is 10.1. The van der Waals surface area contributed by atoms with Crippen molar-refractivity contribution >= 4 is 23.1 Å². The van der Waals surface area contributed by atoms with E-state index >= 15 is 0 Å². The third-order valence-electron chi connectivity index (χ3n) is 4.43. The highest BCUT2D eigenvalue weighted by atomic mass is 32.1. The van der Waals surface area contributed by atoms with Crippen LogP contribution in [-0.2, 0) is 0 Å². The van der Waals surface area contributed by atoms with Crippen molar-refractivity contribution in [2.24, 2.45) is 0 Å².